The van der Waals surface area contributed by atoms with E-state index in [9.17, 15) is 4.79 Å². The number of rotatable bonds is 3. The molecule has 0 saturated carbocycles. The number of nitrogens with one attached hydrogen (secondary N) is 1. The van der Waals surface area contributed by atoms with Gasteiger partial charge in [-0.25, -0.2) is 10.4 Å². The topological polar surface area (TPSA) is 58.4 Å². The molecule has 1 atom stereocenters. The predicted octanol–water partition coefficient (Wildman–Crippen LogP) is -1.07. The molecule has 54 valence electrons. The van der Waals surface area contributed by atoms with E-state index in [4.69, 9.17) is 5.73 Å². The van der Waals surface area contributed by atoms with Gasteiger partial charge in [-0.3, -0.25) is 4.79 Å². The lowest BCUT2D eigenvalue weighted by Crippen LogP contribution is -2.45. The number of carbonyl (C=O) groups is 1. The van der Waals surface area contributed by atoms with Gasteiger partial charge in [-0.2, -0.15) is 0 Å². The number of carbonyl (C=O) groups excluding carboxylic acids is 1. The number of primary amides is 1. The van der Waals surface area contributed by atoms with Gasteiger partial charge in [0.15, 0.2) is 0 Å². The summed E-state index contributed by atoms with van der Waals surface area (Å²) in [6.07, 6.45) is 0. The second-order valence-electron chi connectivity index (χ2n) is 2.15. The van der Waals surface area contributed by atoms with Crippen molar-refractivity contribution < 1.29 is 4.79 Å². The van der Waals surface area contributed by atoms with E-state index in [2.05, 4.69) is 5.43 Å². The minimum absolute atomic E-state index is 0.292. The molecule has 0 bridgehead atoms. The van der Waals surface area contributed by atoms with Gasteiger partial charge in [0, 0.05) is 14.1 Å². The molecule has 0 aliphatic rings. The molecule has 4 nitrogen and oxygen atoms in total. The molecule has 9 heavy (non-hydrogen) atoms. The average Bonchev–Trinajstić information content (AvgIpc) is 1.63. The van der Waals surface area contributed by atoms with Crippen LogP contribution < -0.4 is 11.2 Å². The molecule has 0 aromatic rings. The van der Waals surface area contributed by atoms with Crippen LogP contribution in [0.1, 0.15) is 6.92 Å². The van der Waals surface area contributed by atoms with Gasteiger partial charge in [-0.05, 0) is 6.92 Å². The highest BCUT2D eigenvalue weighted by Crippen LogP contribution is 1.77. The summed E-state index contributed by atoms with van der Waals surface area (Å²) in [6.45, 7) is 1.71. The minimum atomic E-state index is -0.344. The van der Waals surface area contributed by atoms with Crippen molar-refractivity contribution in [3.63, 3.8) is 0 Å². The van der Waals surface area contributed by atoms with Gasteiger partial charge in [-0.1, -0.05) is 0 Å². The number of hydrazine groups is 1. The fourth-order valence-corrected chi connectivity index (χ4v) is 0.451. The van der Waals surface area contributed by atoms with Crippen LogP contribution in [0.15, 0.2) is 0 Å². The Balaban J connectivity index is 3.50. The second-order valence-corrected chi connectivity index (χ2v) is 2.15. The number of nitrogens with zero attached hydrogens (tertiary/aromatic N) is 1. The molecule has 0 fully saturated rings. The summed E-state index contributed by atoms with van der Waals surface area (Å²) in [4.78, 5) is 10.4. The Morgan fingerprint density at radius 1 is 1.67 bits per heavy atom. The SMILES string of the molecule is CC(NN(C)C)C(N)=O. The zero-order chi connectivity index (χ0) is 7.44. The lowest BCUT2D eigenvalue weighted by molar-refractivity contribution is -0.120. The van der Waals surface area contributed by atoms with Crippen LogP contribution in [-0.2, 0) is 4.79 Å². The van der Waals surface area contributed by atoms with Crippen molar-refractivity contribution in [2.75, 3.05) is 14.1 Å². The fourth-order valence-electron chi connectivity index (χ4n) is 0.451. The van der Waals surface area contributed by atoms with Gasteiger partial charge < -0.3 is 5.73 Å². The van der Waals surface area contributed by atoms with Crippen molar-refractivity contribution in [1.29, 1.82) is 0 Å². The molecule has 0 heterocycles. The fraction of sp³-hybridized carbons (Fsp3) is 0.800. The van der Waals surface area contributed by atoms with Crippen LogP contribution in [0, 0.1) is 0 Å². The van der Waals surface area contributed by atoms with Crippen molar-refractivity contribution in [2.24, 2.45) is 5.73 Å². The number of amides is 1. The van der Waals surface area contributed by atoms with Crippen LogP contribution in [0.3, 0.4) is 0 Å². The molecule has 0 rings (SSSR count). The van der Waals surface area contributed by atoms with Gasteiger partial charge in [0.05, 0.1) is 6.04 Å². The molecule has 0 saturated heterocycles. The molecule has 0 spiro atoms. The van der Waals surface area contributed by atoms with Crippen LogP contribution in [0.25, 0.3) is 0 Å². The first-order valence-corrected chi connectivity index (χ1v) is 2.77. The molecule has 0 aliphatic carbocycles. The zero-order valence-electron chi connectivity index (χ0n) is 6.01. The van der Waals surface area contributed by atoms with Crippen LogP contribution in [0.2, 0.25) is 0 Å². The molecular formula is C5H13N3O. The third kappa shape index (κ3) is 3.93. The third-order valence-corrected chi connectivity index (χ3v) is 0.879. The predicted molar refractivity (Wildman–Crippen MR) is 35.5 cm³/mol. The monoisotopic (exact) mass is 131 g/mol. The Morgan fingerprint density at radius 3 is 2.22 bits per heavy atom. The highest BCUT2D eigenvalue weighted by atomic mass is 16.1. The van der Waals surface area contributed by atoms with Crippen molar-refractivity contribution in [1.82, 2.24) is 10.4 Å². The maximum atomic E-state index is 10.4. The zero-order valence-corrected chi connectivity index (χ0v) is 6.01. The highest BCUT2D eigenvalue weighted by Gasteiger charge is 2.06. The summed E-state index contributed by atoms with van der Waals surface area (Å²) < 4.78 is 0. The lowest BCUT2D eigenvalue weighted by atomic mass is 10.3. The average molecular weight is 131 g/mol. The van der Waals surface area contributed by atoms with E-state index < -0.39 is 0 Å². The van der Waals surface area contributed by atoms with Gasteiger partial charge in [0.1, 0.15) is 0 Å². The summed E-state index contributed by atoms with van der Waals surface area (Å²) >= 11 is 0. The summed E-state index contributed by atoms with van der Waals surface area (Å²) in [5.41, 5.74) is 7.76. The lowest BCUT2D eigenvalue weighted by Gasteiger charge is -2.15. The first kappa shape index (κ1) is 8.39. The summed E-state index contributed by atoms with van der Waals surface area (Å²) in [5, 5.41) is 1.69. The molecule has 0 aromatic heterocycles. The van der Waals surface area contributed by atoms with E-state index in [1.807, 2.05) is 0 Å². The maximum absolute atomic E-state index is 10.4. The van der Waals surface area contributed by atoms with Crippen molar-refractivity contribution in [3.05, 3.63) is 0 Å². The molecule has 1 unspecified atom stereocenters. The summed E-state index contributed by atoms with van der Waals surface area (Å²) in [6, 6.07) is -0.292. The van der Waals surface area contributed by atoms with E-state index in [1.165, 1.54) is 0 Å². The van der Waals surface area contributed by atoms with E-state index in [0.29, 0.717) is 0 Å². The minimum Gasteiger partial charge on any atom is -0.368 e. The Morgan fingerprint density at radius 2 is 2.11 bits per heavy atom. The molecular weight excluding hydrogens is 118 g/mol. The van der Waals surface area contributed by atoms with Gasteiger partial charge in [0.2, 0.25) is 5.91 Å². The number of hydrogen-bond donors (Lipinski definition) is 2. The van der Waals surface area contributed by atoms with Crippen LogP contribution in [0.4, 0.5) is 0 Å². The van der Waals surface area contributed by atoms with Gasteiger partial charge in [-0.15, -0.1) is 0 Å². The molecule has 3 N–H and O–H groups in total. The Hall–Kier alpha value is -0.610. The number of nitrogens with two attached hydrogens (primary N) is 1. The van der Waals surface area contributed by atoms with E-state index in [0.717, 1.165) is 0 Å². The molecule has 0 aromatic carbocycles. The molecule has 0 aliphatic heterocycles. The van der Waals surface area contributed by atoms with Crippen LogP contribution in [0.5, 0.6) is 0 Å². The summed E-state index contributed by atoms with van der Waals surface area (Å²) in [7, 11) is 3.61. The van der Waals surface area contributed by atoms with Gasteiger partial charge in [0.25, 0.3) is 0 Å². The van der Waals surface area contributed by atoms with E-state index in [-0.39, 0.29) is 11.9 Å². The molecule has 1 amide bonds. The van der Waals surface area contributed by atoms with Crippen LogP contribution in [-0.4, -0.2) is 31.1 Å². The number of hydrogen-bond acceptors (Lipinski definition) is 3. The molecule has 0 radical (unpaired) electrons. The highest BCUT2D eigenvalue weighted by molar-refractivity contribution is 5.79. The van der Waals surface area contributed by atoms with E-state index in [1.54, 1.807) is 26.0 Å². The maximum Gasteiger partial charge on any atom is 0.235 e. The Labute approximate surface area is 55.0 Å². The summed E-state index contributed by atoms with van der Waals surface area (Å²) in [5.74, 6) is -0.344. The quantitative estimate of drug-likeness (QED) is 0.479. The smallest absolute Gasteiger partial charge is 0.235 e. The van der Waals surface area contributed by atoms with Crippen molar-refractivity contribution in [2.45, 2.75) is 13.0 Å². The third-order valence-electron chi connectivity index (χ3n) is 0.879. The standard InChI is InChI=1S/C5H13N3O/c1-4(5(6)9)7-8(2)3/h4,7H,1-3H3,(H2,6,9). The van der Waals surface area contributed by atoms with Crippen LogP contribution >= 0.6 is 0 Å². The normalized spacial score (nSPS) is 13.8. The Kier molecular flexibility index (Phi) is 3.19. The largest absolute Gasteiger partial charge is 0.368 e. The van der Waals surface area contributed by atoms with E-state index >= 15 is 0 Å². The molecule has 4 heteroatoms. The first-order chi connectivity index (χ1) is 4.04. The van der Waals surface area contributed by atoms with Crippen molar-refractivity contribution >= 4 is 5.91 Å². The first-order valence-electron chi connectivity index (χ1n) is 2.77. The van der Waals surface area contributed by atoms with Crippen molar-refractivity contribution in [3.8, 4) is 0 Å². The van der Waals surface area contributed by atoms with Gasteiger partial charge >= 0.3 is 0 Å². The second kappa shape index (κ2) is 3.42. The Bertz CT molecular complexity index is 102.